The zero-order chi connectivity index (χ0) is 16.5. The van der Waals surface area contributed by atoms with Crippen LogP contribution in [0.1, 0.15) is 57.8 Å². The average molecular weight is 333 g/mol. The number of hydrogen-bond acceptors (Lipinski definition) is 3. The van der Waals surface area contributed by atoms with Crippen molar-refractivity contribution in [3.8, 4) is 0 Å². The van der Waals surface area contributed by atoms with Crippen LogP contribution in [-0.4, -0.2) is 59.9 Å². The van der Waals surface area contributed by atoms with Gasteiger partial charge in [0.25, 0.3) is 0 Å². The van der Waals surface area contributed by atoms with Gasteiger partial charge in [0.2, 0.25) is 11.8 Å². The van der Waals surface area contributed by atoms with Crippen LogP contribution in [0, 0.1) is 11.8 Å². The summed E-state index contributed by atoms with van der Waals surface area (Å²) >= 11 is 0. The van der Waals surface area contributed by atoms with Crippen LogP contribution in [0.2, 0.25) is 0 Å². The van der Waals surface area contributed by atoms with Gasteiger partial charge in [0.05, 0.1) is 6.54 Å². The molecular formula is C19H31N3O2. The first kappa shape index (κ1) is 16.4. The zero-order valence-electron chi connectivity index (χ0n) is 14.7. The number of nitrogens with zero attached hydrogens (tertiary/aromatic N) is 2. The molecule has 0 spiro atoms. The van der Waals surface area contributed by atoms with Crippen LogP contribution in [0.3, 0.4) is 0 Å². The summed E-state index contributed by atoms with van der Waals surface area (Å²) in [5.74, 6) is 1.71. The molecule has 1 N–H and O–H groups in total. The maximum atomic E-state index is 12.4. The summed E-state index contributed by atoms with van der Waals surface area (Å²) in [5.41, 5.74) is 0. The Hall–Kier alpha value is -1.10. The maximum Gasteiger partial charge on any atom is 0.234 e. The second-order valence-electron chi connectivity index (χ2n) is 8.46. The summed E-state index contributed by atoms with van der Waals surface area (Å²) in [4.78, 5) is 29.1. The van der Waals surface area contributed by atoms with Crippen LogP contribution in [0.4, 0.5) is 0 Å². The van der Waals surface area contributed by atoms with E-state index in [4.69, 9.17) is 0 Å². The lowest BCUT2D eigenvalue weighted by Gasteiger charge is -2.52. The van der Waals surface area contributed by atoms with Crippen LogP contribution in [0.5, 0.6) is 0 Å². The Bertz CT molecular complexity index is 489. The lowest BCUT2D eigenvalue weighted by atomic mass is 9.76. The van der Waals surface area contributed by atoms with Gasteiger partial charge in [-0.1, -0.05) is 19.3 Å². The van der Waals surface area contributed by atoms with Gasteiger partial charge in [0.15, 0.2) is 0 Å². The number of fused-ring (bicyclic) bond motifs is 4. The predicted octanol–water partition coefficient (Wildman–Crippen LogP) is 1.77. The maximum absolute atomic E-state index is 12.4. The molecule has 0 aromatic heterocycles. The van der Waals surface area contributed by atoms with E-state index in [9.17, 15) is 9.59 Å². The normalized spacial score (nSPS) is 34.8. The van der Waals surface area contributed by atoms with Gasteiger partial charge in [0, 0.05) is 38.1 Å². The highest BCUT2D eigenvalue weighted by Gasteiger charge is 2.44. The van der Waals surface area contributed by atoms with Crippen molar-refractivity contribution < 1.29 is 9.59 Å². The SMILES string of the molecule is O=C(CN1C[C@H]2C[C@H](C1)[C@H]1CCCC(=O)N1C2)NC1CCCCC1. The Morgan fingerprint density at radius 2 is 1.88 bits per heavy atom. The molecule has 134 valence electrons. The van der Waals surface area contributed by atoms with Gasteiger partial charge >= 0.3 is 0 Å². The molecule has 5 heteroatoms. The van der Waals surface area contributed by atoms with Crippen molar-refractivity contribution in [1.82, 2.24) is 15.1 Å². The molecule has 0 unspecified atom stereocenters. The van der Waals surface area contributed by atoms with Gasteiger partial charge in [-0.2, -0.15) is 0 Å². The highest BCUT2D eigenvalue weighted by molar-refractivity contribution is 5.78. The summed E-state index contributed by atoms with van der Waals surface area (Å²) in [5, 5.41) is 3.25. The van der Waals surface area contributed by atoms with Gasteiger partial charge in [-0.25, -0.2) is 0 Å². The van der Waals surface area contributed by atoms with Gasteiger partial charge < -0.3 is 10.2 Å². The molecule has 1 saturated carbocycles. The molecule has 4 aliphatic rings. The van der Waals surface area contributed by atoms with Gasteiger partial charge in [-0.3, -0.25) is 14.5 Å². The van der Waals surface area contributed by atoms with Crippen molar-refractivity contribution in [3.63, 3.8) is 0 Å². The number of amides is 2. The fraction of sp³-hybridized carbons (Fsp3) is 0.895. The van der Waals surface area contributed by atoms with E-state index < -0.39 is 0 Å². The minimum atomic E-state index is 0.207. The quantitative estimate of drug-likeness (QED) is 0.856. The van der Waals surface area contributed by atoms with E-state index in [1.54, 1.807) is 0 Å². The molecule has 2 bridgehead atoms. The zero-order valence-corrected chi connectivity index (χ0v) is 14.7. The van der Waals surface area contributed by atoms with E-state index in [1.807, 2.05) is 0 Å². The molecule has 5 nitrogen and oxygen atoms in total. The Morgan fingerprint density at radius 3 is 2.71 bits per heavy atom. The van der Waals surface area contributed by atoms with Crippen molar-refractivity contribution in [2.75, 3.05) is 26.2 Å². The number of rotatable bonds is 3. The van der Waals surface area contributed by atoms with Crippen molar-refractivity contribution in [1.29, 1.82) is 0 Å². The molecular weight excluding hydrogens is 302 g/mol. The molecule has 0 aromatic rings. The van der Waals surface area contributed by atoms with Crippen LogP contribution in [0.15, 0.2) is 0 Å². The van der Waals surface area contributed by atoms with E-state index in [1.165, 1.54) is 25.7 Å². The molecule has 3 saturated heterocycles. The number of carbonyl (C=O) groups excluding carboxylic acids is 2. The first-order valence-electron chi connectivity index (χ1n) is 10.0. The Kier molecular flexibility index (Phi) is 4.79. The molecule has 24 heavy (non-hydrogen) atoms. The van der Waals surface area contributed by atoms with Gasteiger partial charge in [-0.15, -0.1) is 0 Å². The highest BCUT2D eigenvalue weighted by Crippen LogP contribution is 2.37. The minimum absolute atomic E-state index is 0.207. The smallest absolute Gasteiger partial charge is 0.234 e. The number of nitrogens with one attached hydrogen (secondary N) is 1. The lowest BCUT2D eigenvalue weighted by Crippen LogP contribution is -2.61. The van der Waals surface area contributed by atoms with Crippen LogP contribution < -0.4 is 5.32 Å². The van der Waals surface area contributed by atoms with Crippen molar-refractivity contribution in [2.45, 2.75) is 69.9 Å². The van der Waals surface area contributed by atoms with Crippen molar-refractivity contribution in [2.24, 2.45) is 11.8 Å². The van der Waals surface area contributed by atoms with Gasteiger partial charge in [0.1, 0.15) is 0 Å². The van der Waals surface area contributed by atoms with E-state index in [-0.39, 0.29) is 5.91 Å². The second-order valence-corrected chi connectivity index (χ2v) is 8.46. The molecule has 1 aliphatic carbocycles. The number of piperidine rings is 3. The summed E-state index contributed by atoms with van der Waals surface area (Å²) in [6, 6.07) is 0.841. The first-order chi connectivity index (χ1) is 11.7. The highest BCUT2D eigenvalue weighted by atomic mass is 16.2. The van der Waals surface area contributed by atoms with E-state index in [0.717, 1.165) is 51.7 Å². The predicted molar refractivity (Wildman–Crippen MR) is 92.4 cm³/mol. The van der Waals surface area contributed by atoms with E-state index >= 15 is 0 Å². The largest absolute Gasteiger partial charge is 0.352 e. The lowest BCUT2D eigenvalue weighted by molar-refractivity contribution is -0.145. The monoisotopic (exact) mass is 333 g/mol. The number of likely N-dealkylation sites (tertiary alicyclic amines) is 1. The molecule has 0 aromatic carbocycles. The Labute approximate surface area is 145 Å². The van der Waals surface area contributed by atoms with E-state index in [0.29, 0.717) is 36.4 Å². The Balaban J connectivity index is 1.32. The second kappa shape index (κ2) is 7.03. The minimum Gasteiger partial charge on any atom is -0.352 e. The van der Waals surface area contributed by atoms with Crippen LogP contribution >= 0.6 is 0 Å². The molecule has 4 fully saturated rings. The summed E-state index contributed by atoms with van der Waals surface area (Å²) in [7, 11) is 0. The van der Waals surface area contributed by atoms with Gasteiger partial charge in [-0.05, 0) is 43.9 Å². The topological polar surface area (TPSA) is 52.7 Å². The molecule has 0 radical (unpaired) electrons. The van der Waals surface area contributed by atoms with Crippen molar-refractivity contribution in [3.05, 3.63) is 0 Å². The van der Waals surface area contributed by atoms with Crippen LogP contribution in [0.25, 0.3) is 0 Å². The third kappa shape index (κ3) is 3.46. The summed E-state index contributed by atoms with van der Waals surface area (Å²) < 4.78 is 0. The third-order valence-electron chi connectivity index (χ3n) is 6.59. The first-order valence-corrected chi connectivity index (χ1v) is 10.0. The summed E-state index contributed by atoms with van der Waals surface area (Å²) in [6.45, 7) is 3.43. The fourth-order valence-electron chi connectivity index (χ4n) is 5.56. The molecule has 2 amide bonds. The number of hydrogen-bond donors (Lipinski definition) is 1. The average Bonchev–Trinajstić information content (AvgIpc) is 2.56. The Morgan fingerprint density at radius 1 is 1.04 bits per heavy atom. The van der Waals surface area contributed by atoms with E-state index in [2.05, 4.69) is 15.1 Å². The van der Waals surface area contributed by atoms with Crippen LogP contribution in [-0.2, 0) is 9.59 Å². The molecule has 3 heterocycles. The standard InChI is InChI=1S/C19H31N3O2/c23-18(20-16-5-2-1-3-6-16)13-21-10-14-9-15(12-21)17-7-4-8-19(24)22(17)11-14/h14-17H,1-13H2,(H,20,23)/t14-,15-,17-/m1/s1. The molecule has 4 rings (SSSR count). The third-order valence-corrected chi connectivity index (χ3v) is 6.59. The fourth-order valence-corrected chi connectivity index (χ4v) is 5.56. The molecule has 3 aliphatic heterocycles. The summed E-state index contributed by atoms with van der Waals surface area (Å²) in [6.07, 6.45) is 10.3. The molecule has 3 atom stereocenters. The van der Waals surface area contributed by atoms with Crippen molar-refractivity contribution >= 4 is 11.8 Å². The number of carbonyl (C=O) groups is 2.